The molecule has 0 aliphatic carbocycles. The molecule has 1 saturated heterocycles. The summed E-state index contributed by atoms with van der Waals surface area (Å²) in [6.45, 7) is -0.478. The van der Waals surface area contributed by atoms with Gasteiger partial charge < -0.3 is 14.8 Å². The number of carbonyl (C=O) groups excluding carboxylic acids is 2. The number of aryl methyl sites for hydroxylation is 2. The highest BCUT2D eigenvalue weighted by atomic mass is 32.2. The number of hydrogen-bond acceptors (Lipinski definition) is 7. The lowest BCUT2D eigenvalue weighted by molar-refractivity contribution is -0.136. The molecule has 0 radical (unpaired) electrons. The van der Waals surface area contributed by atoms with Crippen molar-refractivity contribution in [1.82, 2.24) is 23.6 Å². The van der Waals surface area contributed by atoms with Crippen molar-refractivity contribution in [3.05, 3.63) is 57.0 Å². The van der Waals surface area contributed by atoms with E-state index in [-0.39, 0.29) is 22.9 Å². The van der Waals surface area contributed by atoms with Gasteiger partial charge in [0.1, 0.15) is 12.6 Å². The van der Waals surface area contributed by atoms with Crippen LogP contribution >= 0.6 is 11.8 Å². The second-order valence-electron chi connectivity index (χ2n) is 7.32. The van der Waals surface area contributed by atoms with E-state index >= 15 is 0 Å². The Morgan fingerprint density at radius 3 is 2.66 bits per heavy atom. The fraction of sp³-hybridized carbons (Fsp3) is 0.300. The van der Waals surface area contributed by atoms with Crippen LogP contribution in [0.1, 0.15) is 5.56 Å². The van der Waals surface area contributed by atoms with Gasteiger partial charge in [0.25, 0.3) is 5.56 Å². The topological polar surface area (TPSA) is 135 Å². The fourth-order valence-electron chi connectivity index (χ4n) is 3.52. The zero-order valence-corrected chi connectivity index (χ0v) is 18.1. The van der Waals surface area contributed by atoms with Gasteiger partial charge >= 0.3 is 5.69 Å². The van der Waals surface area contributed by atoms with Gasteiger partial charge in [-0.25, -0.2) is 14.3 Å². The average molecular weight is 453 g/mol. The molecular weight excluding hydrogens is 434 g/mol. The van der Waals surface area contributed by atoms with E-state index in [9.17, 15) is 19.2 Å². The summed E-state index contributed by atoms with van der Waals surface area (Å²) in [7, 11) is 3.12. The van der Waals surface area contributed by atoms with Crippen LogP contribution in [0.5, 0.6) is 0 Å². The monoisotopic (exact) mass is 453 g/mol. The number of amides is 2. The van der Waals surface area contributed by atoms with E-state index in [4.69, 9.17) is 5.26 Å². The Morgan fingerprint density at radius 2 is 1.97 bits per heavy atom. The summed E-state index contributed by atoms with van der Waals surface area (Å²) in [6, 6.07) is 7.64. The molecule has 32 heavy (non-hydrogen) atoms. The Labute approximate surface area is 185 Å². The summed E-state index contributed by atoms with van der Waals surface area (Å²) in [5, 5.41) is 11.6. The molecule has 1 aliphatic rings. The van der Waals surface area contributed by atoms with Crippen LogP contribution in [0.15, 0.2) is 40.2 Å². The summed E-state index contributed by atoms with van der Waals surface area (Å²) in [4.78, 5) is 56.7. The van der Waals surface area contributed by atoms with Crippen LogP contribution < -0.4 is 16.6 Å². The van der Waals surface area contributed by atoms with Gasteiger partial charge in [0.15, 0.2) is 11.2 Å². The molecule has 3 aromatic rings. The molecule has 4 rings (SSSR count). The molecule has 0 spiro atoms. The molecule has 1 N–H and O–H groups in total. The molecular formula is C20H19N7O4S. The van der Waals surface area contributed by atoms with Gasteiger partial charge in [-0.05, 0) is 24.3 Å². The number of fused-ring (bicyclic) bond motifs is 1. The van der Waals surface area contributed by atoms with E-state index in [2.05, 4.69) is 10.3 Å². The minimum absolute atomic E-state index is 0.214. The van der Waals surface area contributed by atoms with Gasteiger partial charge in [-0.2, -0.15) is 5.26 Å². The Hall–Kier alpha value is -3.85. The Balaban J connectivity index is 1.56. The third-order valence-corrected chi connectivity index (χ3v) is 6.29. The van der Waals surface area contributed by atoms with Crippen molar-refractivity contribution in [3.8, 4) is 6.07 Å². The number of imidazole rings is 1. The van der Waals surface area contributed by atoms with Crippen LogP contribution in [0.25, 0.3) is 11.2 Å². The zero-order valence-electron chi connectivity index (χ0n) is 17.3. The number of anilines is 1. The van der Waals surface area contributed by atoms with Gasteiger partial charge in [-0.3, -0.25) is 19.0 Å². The molecule has 1 aliphatic heterocycles. The smallest absolute Gasteiger partial charge is 0.328 e. The Kier molecular flexibility index (Phi) is 5.58. The summed E-state index contributed by atoms with van der Waals surface area (Å²) in [6.07, 6.45) is 1.43. The average Bonchev–Trinajstić information content (AvgIpc) is 3.43. The number of hydrogen-bond donors (Lipinski definition) is 1. The van der Waals surface area contributed by atoms with Crippen molar-refractivity contribution in [3.63, 3.8) is 0 Å². The summed E-state index contributed by atoms with van der Waals surface area (Å²) in [5.74, 6) is -0.222. The van der Waals surface area contributed by atoms with Crippen molar-refractivity contribution < 1.29 is 9.59 Å². The van der Waals surface area contributed by atoms with Gasteiger partial charge in [0, 0.05) is 25.5 Å². The quantitative estimate of drug-likeness (QED) is 0.580. The van der Waals surface area contributed by atoms with Crippen LogP contribution in [-0.4, -0.2) is 53.1 Å². The molecule has 11 nitrogen and oxygen atoms in total. The predicted octanol–water partition coefficient (Wildman–Crippen LogP) is -0.154. The normalized spacial score (nSPS) is 15.7. The molecule has 2 amide bonds. The lowest BCUT2D eigenvalue weighted by atomic mass is 10.2. The molecule has 1 unspecified atom stereocenters. The number of aromatic nitrogens is 4. The third kappa shape index (κ3) is 3.67. The second-order valence-corrected chi connectivity index (χ2v) is 8.32. The molecule has 0 bridgehead atoms. The highest BCUT2D eigenvalue weighted by Gasteiger charge is 2.35. The number of nitrogens with one attached hydrogen (secondary N) is 1. The maximum atomic E-state index is 13.0. The molecule has 1 aromatic carbocycles. The van der Waals surface area contributed by atoms with Crippen molar-refractivity contribution in [2.75, 3.05) is 16.9 Å². The minimum Gasteiger partial charge on any atom is -0.328 e. The largest absolute Gasteiger partial charge is 0.332 e. The molecule has 164 valence electrons. The first kappa shape index (κ1) is 21.4. The van der Waals surface area contributed by atoms with Crippen LogP contribution in [0.3, 0.4) is 0 Å². The van der Waals surface area contributed by atoms with E-state index in [0.717, 1.165) is 4.57 Å². The van der Waals surface area contributed by atoms with Crippen molar-refractivity contribution >= 4 is 40.4 Å². The van der Waals surface area contributed by atoms with Gasteiger partial charge in [-0.1, -0.05) is 0 Å². The number of nitriles is 1. The van der Waals surface area contributed by atoms with E-state index in [1.165, 1.54) is 39.2 Å². The first-order valence-corrected chi connectivity index (χ1v) is 10.8. The number of rotatable bonds is 4. The van der Waals surface area contributed by atoms with E-state index in [1.807, 2.05) is 6.07 Å². The maximum absolute atomic E-state index is 13.0. The molecule has 1 atom stereocenters. The lowest BCUT2D eigenvalue weighted by Crippen LogP contribution is -2.49. The molecule has 2 aromatic heterocycles. The van der Waals surface area contributed by atoms with Crippen molar-refractivity contribution in [1.29, 1.82) is 5.26 Å². The molecule has 1 fully saturated rings. The van der Waals surface area contributed by atoms with Crippen LogP contribution in [-0.2, 0) is 30.2 Å². The van der Waals surface area contributed by atoms with Gasteiger partial charge in [0.2, 0.25) is 11.8 Å². The Morgan fingerprint density at radius 1 is 1.25 bits per heavy atom. The molecule has 0 saturated carbocycles. The maximum Gasteiger partial charge on any atom is 0.332 e. The highest BCUT2D eigenvalue weighted by Crippen LogP contribution is 2.23. The minimum atomic E-state index is -0.747. The van der Waals surface area contributed by atoms with Gasteiger partial charge in [-0.15, -0.1) is 11.8 Å². The zero-order chi connectivity index (χ0) is 23.0. The number of carbonyl (C=O) groups is 2. The van der Waals surface area contributed by atoms with Crippen molar-refractivity contribution in [2.45, 2.75) is 12.6 Å². The fourth-order valence-corrected chi connectivity index (χ4v) is 4.70. The molecule has 3 heterocycles. The summed E-state index contributed by atoms with van der Waals surface area (Å²) in [5.41, 5.74) is 0.161. The number of nitrogens with zero attached hydrogens (tertiary/aromatic N) is 6. The lowest BCUT2D eigenvalue weighted by Gasteiger charge is -2.23. The first-order chi connectivity index (χ1) is 15.3. The summed E-state index contributed by atoms with van der Waals surface area (Å²) >= 11 is 1.41. The van der Waals surface area contributed by atoms with E-state index in [1.54, 1.807) is 31.3 Å². The third-order valence-electron chi connectivity index (χ3n) is 5.28. The number of thioether (sulfide) groups is 1. The standard InChI is InChI=1S/C20H19N7O4S/c1-24-10-22-17-16(24)19(30)26(20(31)25(17)2)8-15(28)27-11-32-9-14(27)18(29)23-13-5-3-12(7-21)4-6-13/h3-6,10,14H,8-9,11H2,1-2H3,(H,23,29). The number of benzene rings is 1. The Bertz CT molecular complexity index is 1380. The highest BCUT2D eigenvalue weighted by molar-refractivity contribution is 7.99. The van der Waals surface area contributed by atoms with E-state index in [0.29, 0.717) is 17.0 Å². The molecule has 12 heteroatoms. The van der Waals surface area contributed by atoms with E-state index < -0.39 is 29.7 Å². The van der Waals surface area contributed by atoms with Crippen LogP contribution in [0.2, 0.25) is 0 Å². The van der Waals surface area contributed by atoms with Crippen LogP contribution in [0, 0.1) is 11.3 Å². The SMILES string of the molecule is Cn1cnc2c1c(=O)n(CC(=O)N1CSCC1C(=O)Nc1ccc(C#N)cc1)c(=O)n2C. The predicted molar refractivity (Wildman–Crippen MR) is 118 cm³/mol. The van der Waals surface area contributed by atoms with Crippen LogP contribution in [0.4, 0.5) is 5.69 Å². The second kappa shape index (κ2) is 8.35. The summed E-state index contributed by atoms with van der Waals surface area (Å²) < 4.78 is 3.58. The first-order valence-electron chi connectivity index (χ1n) is 9.61. The van der Waals surface area contributed by atoms with Gasteiger partial charge in [0.05, 0.1) is 23.8 Å². The van der Waals surface area contributed by atoms with Crippen molar-refractivity contribution in [2.24, 2.45) is 14.1 Å².